The molecule has 140 valence electrons. The minimum Gasteiger partial charge on any atom is -0.497 e. The van der Waals surface area contributed by atoms with E-state index < -0.39 is 28.7 Å². The number of carbonyl (C=O) groups excluding carboxylic acids is 1. The van der Waals surface area contributed by atoms with Gasteiger partial charge in [-0.3, -0.25) is 10.1 Å². The predicted molar refractivity (Wildman–Crippen MR) is 92.5 cm³/mol. The molecule has 0 saturated heterocycles. The molecule has 26 heavy (non-hydrogen) atoms. The first kappa shape index (κ1) is 19.4. The van der Waals surface area contributed by atoms with Gasteiger partial charge < -0.3 is 14.8 Å². The summed E-state index contributed by atoms with van der Waals surface area (Å²) in [5.41, 5.74) is 0.358. The van der Waals surface area contributed by atoms with E-state index in [1.54, 1.807) is 20.8 Å². The van der Waals surface area contributed by atoms with Crippen LogP contribution in [0.4, 0.5) is 4.39 Å². The van der Waals surface area contributed by atoms with Gasteiger partial charge in [0.25, 0.3) is 5.70 Å². The van der Waals surface area contributed by atoms with Crippen LogP contribution >= 0.6 is 0 Å². The lowest BCUT2D eigenvalue weighted by Gasteiger charge is -2.27. The van der Waals surface area contributed by atoms with Crippen molar-refractivity contribution in [1.29, 1.82) is 0 Å². The second-order valence-corrected chi connectivity index (χ2v) is 6.21. The number of esters is 1. The zero-order valence-corrected chi connectivity index (χ0v) is 15.3. The molecule has 7 nitrogen and oxygen atoms in total. The van der Waals surface area contributed by atoms with Crippen molar-refractivity contribution in [2.45, 2.75) is 39.7 Å². The molecule has 1 atom stereocenters. The molecule has 1 aromatic carbocycles. The number of methoxy groups -OCH3 is 1. The minimum absolute atomic E-state index is 0.00778. The molecule has 1 aromatic rings. The standard InChI is InChI=1S/C18H21FN2O5/c1-9(2)26-18(22)15-10(3)20-11(4)17(21(23)24)16(15)13-7-6-12(25-5)8-14(13)19/h6-9,16,20H,1-5H3/t16-/m0/s1. The van der Waals surface area contributed by atoms with E-state index in [2.05, 4.69) is 5.32 Å². The summed E-state index contributed by atoms with van der Waals surface area (Å²) in [5, 5.41) is 14.5. The molecule has 1 N–H and O–H groups in total. The summed E-state index contributed by atoms with van der Waals surface area (Å²) in [6, 6.07) is 4.01. The van der Waals surface area contributed by atoms with E-state index in [1.807, 2.05) is 0 Å². The maximum atomic E-state index is 14.7. The quantitative estimate of drug-likeness (QED) is 0.490. The number of carbonyl (C=O) groups is 1. The van der Waals surface area contributed by atoms with Gasteiger partial charge in [0.05, 0.1) is 29.4 Å². The van der Waals surface area contributed by atoms with Crippen LogP contribution < -0.4 is 10.1 Å². The van der Waals surface area contributed by atoms with Gasteiger partial charge in [0.1, 0.15) is 17.5 Å². The molecule has 0 spiro atoms. The van der Waals surface area contributed by atoms with Crippen molar-refractivity contribution < 1.29 is 23.6 Å². The first-order chi connectivity index (χ1) is 12.2. The molecule has 0 amide bonds. The molecule has 0 fully saturated rings. The molecule has 1 heterocycles. The second kappa shape index (κ2) is 7.55. The van der Waals surface area contributed by atoms with Crippen molar-refractivity contribution in [3.05, 3.63) is 62.4 Å². The normalized spacial score (nSPS) is 17.3. The van der Waals surface area contributed by atoms with Crippen LogP contribution in [0.15, 0.2) is 40.9 Å². The van der Waals surface area contributed by atoms with Crippen LogP contribution in [0, 0.1) is 15.9 Å². The Balaban J connectivity index is 2.68. The van der Waals surface area contributed by atoms with Gasteiger partial charge in [-0.05, 0) is 33.8 Å². The highest BCUT2D eigenvalue weighted by Gasteiger charge is 2.42. The number of hydrogen-bond acceptors (Lipinski definition) is 6. The van der Waals surface area contributed by atoms with Gasteiger partial charge in [0, 0.05) is 17.3 Å². The number of rotatable bonds is 5. The minimum atomic E-state index is -1.19. The fourth-order valence-corrected chi connectivity index (χ4v) is 2.94. The molecule has 0 radical (unpaired) electrons. The lowest BCUT2D eigenvalue weighted by atomic mass is 9.83. The van der Waals surface area contributed by atoms with Crippen molar-refractivity contribution in [2.75, 3.05) is 7.11 Å². The topological polar surface area (TPSA) is 90.7 Å². The highest BCUT2D eigenvalue weighted by molar-refractivity contribution is 5.92. The monoisotopic (exact) mass is 364 g/mol. The summed E-state index contributed by atoms with van der Waals surface area (Å²) >= 11 is 0. The summed E-state index contributed by atoms with van der Waals surface area (Å²) in [6.45, 7) is 6.46. The number of benzene rings is 1. The summed E-state index contributed by atoms with van der Waals surface area (Å²) < 4.78 is 24.9. The molecule has 1 aliphatic rings. The van der Waals surface area contributed by atoms with Gasteiger partial charge in [0.2, 0.25) is 0 Å². The van der Waals surface area contributed by atoms with Crippen molar-refractivity contribution in [2.24, 2.45) is 0 Å². The highest BCUT2D eigenvalue weighted by Crippen LogP contribution is 2.40. The Morgan fingerprint density at radius 3 is 2.46 bits per heavy atom. The van der Waals surface area contributed by atoms with Gasteiger partial charge in [0.15, 0.2) is 0 Å². The Kier molecular flexibility index (Phi) is 5.64. The smallest absolute Gasteiger partial charge is 0.337 e. The molecule has 0 unspecified atom stereocenters. The first-order valence-electron chi connectivity index (χ1n) is 8.04. The van der Waals surface area contributed by atoms with E-state index in [0.29, 0.717) is 5.70 Å². The van der Waals surface area contributed by atoms with Crippen LogP contribution in [0.2, 0.25) is 0 Å². The molecule has 0 bridgehead atoms. The predicted octanol–water partition coefficient (Wildman–Crippen LogP) is 3.25. The second-order valence-electron chi connectivity index (χ2n) is 6.21. The summed E-state index contributed by atoms with van der Waals surface area (Å²) in [5.74, 6) is -2.35. The van der Waals surface area contributed by atoms with Gasteiger partial charge >= 0.3 is 5.97 Å². The number of halogens is 1. The number of hydrogen-bond donors (Lipinski definition) is 1. The Bertz CT molecular complexity index is 814. The van der Waals surface area contributed by atoms with Crippen LogP contribution in [0.1, 0.15) is 39.2 Å². The number of dihydropyridines is 1. The number of allylic oxidation sites excluding steroid dienone is 3. The molecular weight excluding hydrogens is 343 g/mol. The molecule has 0 aliphatic carbocycles. The Labute approximate surface area is 150 Å². The third kappa shape index (κ3) is 3.68. The van der Waals surface area contributed by atoms with Gasteiger partial charge in [-0.25, -0.2) is 9.18 Å². The highest BCUT2D eigenvalue weighted by atomic mass is 19.1. The number of nitrogens with one attached hydrogen (secondary N) is 1. The third-order valence-corrected chi connectivity index (χ3v) is 4.00. The maximum Gasteiger partial charge on any atom is 0.337 e. The average molecular weight is 364 g/mol. The Hall–Kier alpha value is -2.90. The summed E-state index contributed by atoms with van der Waals surface area (Å²) in [4.78, 5) is 23.7. The largest absolute Gasteiger partial charge is 0.497 e. The lowest BCUT2D eigenvalue weighted by molar-refractivity contribution is -0.431. The van der Waals surface area contributed by atoms with Crippen molar-refractivity contribution in [3.63, 3.8) is 0 Å². The molecule has 2 rings (SSSR count). The van der Waals surface area contributed by atoms with Gasteiger partial charge in [-0.15, -0.1) is 0 Å². The van der Waals surface area contributed by atoms with E-state index >= 15 is 0 Å². The number of ether oxygens (including phenoxy) is 2. The van der Waals surface area contributed by atoms with Crippen LogP contribution in [0.25, 0.3) is 0 Å². The van der Waals surface area contributed by atoms with E-state index in [-0.39, 0.29) is 28.3 Å². The Morgan fingerprint density at radius 2 is 1.96 bits per heavy atom. The van der Waals surface area contributed by atoms with Crippen molar-refractivity contribution >= 4 is 5.97 Å². The molecule has 0 saturated carbocycles. The molecule has 8 heteroatoms. The van der Waals surface area contributed by atoms with Crippen LogP contribution in [0.3, 0.4) is 0 Å². The third-order valence-electron chi connectivity index (χ3n) is 4.00. The average Bonchev–Trinajstić information content (AvgIpc) is 2.52. The van der Waals surface area contributed by atoms with Crippen molar-refractivity contribution in [3.8, 4) is 5.75 Å². The zero-order valence-electron chi connectivity index (χ0n) is 15.3. The van der Waals surface area contributed by atoms with Crippen LogP contribution in [-0.4, -0.2) is 24.1 Å². The van der Waals surface area contributed by atoms with E-state index in [0.717, 1.165) is 6.07 Å². The maximum absolute atomic E-state index is 14.7. The molecule has 1 aliphatic heterocycles. The first-order valence-corrected chi connectivity index (χ1v) is 8.04. The summed E-state index contributed by atoms with van der Waals surface area (Å²) in [6.07, 6.45) is -0.421. The molecular formula is C18H21FN2O5. The van der Waals surface area contributed by atoms with E-state index in [9.17, 15) is 19.3 Å². The van der Waals surface area contributed by atoms with Crippen LogP contribution in [-0.2, 0) is 9.53 Å². The lowest BCUT2D eigenvalue weighted by Crippen LogP contribution is -2.32. The zero-order chi connectivity index (χ0) is 19.6. The van der Waals surface area contributed by atoms with E-state index in [4.69, 9.17) is 9.47 Å². The fraction of sp³-hybridized carbons (Fsp3) is 0.389. The van der Waals surface area contributed by atoms with Crippen LogP contribution in [0.5, 0.6) is 5.75 Å². The van der Waals surface area contributed by atoms with Crippen molar-refractivity contribution in [1.82, 2.24) is 5.32 Å². The fourth-order valence-electron chi connectivity index (χ4n) is 2.94. The Morgan fingerprint density at radius 1 is 1.31 bits per heavy atom. The SMILES string of the molecule is COc1ccc([C@H]2C(C(=O)OC(C)C)=C(C)NC(C)=C2[N+](=O)[O-])c(F)c1. The van der Waals surface area contributed by atoms with E-state index in [1.165, 1.54) is 26.2 Å². The van der Waals surface area contributed by atoms with Gasteiger partial charge in [-0.2, -0.15) is 0 Å². The number of nitrogens with zero attached hydrogens (tertiary/aromatic N) is 1. The molecule has 0 aromatic heterocycles. The number of nitro groups is 1. The van der Waals surface area contributed by atoms with Gasteiger partial charge in [-0.1, -0.05) is 6.07 Å². The summed E-state index contributed by atoms with van der Waals surface area (Å²) in [7, 11) is 1.39.